The Kier molecular flexibility index (Phi) is 4.42. The Balaban J connectivity index is 2.47. The summed E-state index contributed by atoms with van der Waals surface area (Å²) in [5.41, 5.74) is 1.94. The lowest BCUT2D eigenvalue weighted by Crippen LogP contribution is -1.98. The molecule has 0 radical (unpaired) electrons. The van der Waals surface area contributed by atoms with E-state index in [0.29, 0.717) is 16.5 Å². The summed E-state index contributed by atoms with van der Waals surface area (Å²) in [6, 6.07) is 5.71. The van der Waals surface area contributed by atoms with Crippen molar-refractivity contribution in [3.05, 3.63) is 46.4 Å². The lowest BCUT2D eigenvalue weighted by atomic mass is 10.1. The fourth-order valence-corrected chi connectivity index (χ4v) is 2.82. The summed E-state index contributed by atoms with van der Waals surface area (Å²) in [6.07, 6.45) is 1.71. The number of benzene rings is 1. The summed E-state index contributed by atoms with van der Waals surface area (Å²) >= 11 is 9.90. The van der Waals surface area contributed by atoms with Crippen LogP contribution in [0, 0.1) is 6.92 Å². The maximum atomic E-state index is 6.26. The van der Waals surface area contributed by atoms with E-state index in [0.717, 1.165) is 16.9 Å². The molecule has 5 heteroatoms. The average molecular weight is 346 g/mol. The Hall–Kier alpha value is -1.13. The van der Waals surface area contributed by atoms with E-state index in [9.17, 15) is 0 Å². The van der Waals surface area contributed by atoms with Crippen molar-refractivity contribution in [3.63, 3.8) is 0 Å². The normalized spacial score (nSPS) is 12.3. The standard InChI is InChI=1S/C14H14BrClO3/c1-8-6-9(7-19-8)12(15)10-4-5-11(17-2)13(16)14(10)18-3/h4-7,12H,1-3H3. The van der Waals surface area contributed by atoms with E-state index in [1.165, 1.54) is 0 Å². The third-order valence-corrected chi connectivity index (χ3v) is 4.21. The minimum absolute atomic E-state index is 0.0525. The van der Waals surface area contributed by atoms with Crippen LogP contribution < -0.4 is 9.47 Å². The lowest BCUT2D eigenvalue weighted by Gasteiger charge is -2.16. The third-order valence-electron chi connectivity index (χ3n) is 2.83. The van der Waals surface area contributed by atoms with Gasteiger partial charge in [0.2, 0.25) is 0 Å². The summed E-state index contributed by atoms with van der Waals surface area (Å²) in [5, 5.41) is 0.465. The quantitative estimate of drug-likeness (QED) is 0.750. The lowest BCUT2D eigenvalue weighted by molar-refractivity contribution is 0.392. The van der Waals surface area contributed by atoms with Gasteiger partial charge in [0, 0.05) is 11.1 Å². The Bertz CT molecular complexity index is 580. The van der Waals surface area contributed by atoms with Crippen LogP contribution in [0.25, 0.3) is 0 Å². The second kappa shape index (κ2) is 5.88. The second-order valence-corrected chi connectivity index (χ2v) is 5.35. The summed E-state index contributed by atoms with van der Waals surface area (Å²) in [5.74, 6) is 2.05. The Labute approximate surface area is 125 Å². The molecule has 1 aromatic heterocycles. The largest absolute Gasteiger partial charge is 0.495 e. The average Bonchev–Trinajstić information content (AvgIpc) is 2.84. The fraction of sp³-hybridized carbons (Fsp3) is 0.286. The van der Waals surface area contributed by atoms with Crippen LogP contribution in [0.3, 0.4) is 0 Å². The first-order chi connectivity index (χ1) is 9.08. The molecule has 102 valence electrons. The molecule has 0 spiro atoms. The minimum Gasteiger partial charge on any atom is -0.495 e. The number of aryl methyl sites for hydroxylation is 1. The van der Waals surface area contributed by atoms with Crippen LogP contribution in [0.1, 0.15) is 21.7 Å². The molecule has 0 bridgehead atoms. The zero-order valence-corrected chi connectivity index (χ0v) is 13.2. The monoisotopic (exact) mass is 344 g/mol. The molecule has 1 aromatic carbocycles. The number of alkyl halides is 1. The van der Waals surface area contributed by atoms with E-state index in [1.807, 2.05) is 25.1 Å². The van der Waals surface area contributed by atoms with Gasteiger partial charge in [0.05, 0.1) is 25.3 Å². The molecule has 0 amide bonds. The van der Waals surface area contributed by atoms with Crippen molar-refractivity contribution < 1.29 is 13.9 Å². The van der Waals surface area contributed by atoms with E-state index in [4.69, 9.17) is 25.5 Å². The molecular formula is C14H14BrClO3. The first-order valence-corrected chi connectivity index (χ1v) is 6.97. The van der Waals surface area contributed by atoms with Gasteiger partial charge in [0.15, 0.2) is 0 Å². The molecule has 2 rings (SSSR count). The summed E-state index contributed by atoms with van der Waals surface area (Å²) in [7, 11) is 3.16. The SMILES string of the molecule is COc1ccc(C(Br)c2coc(C)c2)c(OC)c1Cl. The molecule has 1 heterocycles. The van der Waals surface area contributed by atoms with Crippen molar-refractivity contribution in [3.8, 4) is 11.5 Å². The number of rotatable bonds is 4. The van der Waals surface area contributed by atoms with Gasteiger partial charge >= 0.3 is 0 Å². The van der Waals surface area contributed by atoms with Crippen molar-refractivity contribution in [2.75, 3.05) is 14.2 Å². The molecule has 19 heavy (non-hydrogen) atoms. The van der Waals surface area contributed by atoms with Gasteiger partial charge in [0.25, 0.3) is 0 Å². The van der Waals surface area contributed by atoms with Gasteiger partial charge in [-0.1, -0.05) is 33.6 Å². The third kappa shape index (κ3) is 2.74. The van der Waals surface area contributed by atoms with E-state index < -0.39 is 0 Å². The van der Waals surface area contributed by atoms with Crippen molar-refractivity contribution in [1.82, 2.24) is 0 Å². The van der Waals surface area contributed by atoms with Crippen LogP contribution in [0.4, 0.5) is 0 Å². The van der Waals surface area contributed by atoms with E-state index in [1.54, 1.807) is 20.5 Å². The Morgan fingerprint density at radius 2 is 2.00 bits per heavy atom. The Morgan fingerprint density at radius 3 is 2.53 bits per heavy atom. The van der Waals surface area contributed by atoms with Gasteiger partial charge in [-0.3, -0.25) is 0 Å². The van der Waals surface area contributed by atoms with Gasteiger partial charge in [-0.05, 0) is 19.1 Å². The number of hydrogen-bond donors (Lipinski definition) is 0. The molecular weight excluding hydrogens is 332 g/mol. The highest BCUT2D eigenvalue weighted by Crippen LogP contribution is 2.44. The number of ether oxygens (including phenoxy) is 2. The van der Waals surface area contributed by atoms with Crippen molar-refractivity contribution in [2.24, 2.45) is 0 Å². The number of methoxy groups -OCH3 is 2. The molecule has 2 aromatic rings. The molecule has 0 aliphatic heterocycles. The van der Waals surface area contributed by atoms with Crippen LogP contribution in [-0.2, 0) is 0 Å². The summed E-state index contributed by atoms with van der Waals surface area (Å²) < 4.78 is 15.9. The predicted octanol–water partition coefficient (Wildman–Crippen LogP) is 4.74. The highest BCUT2D eigenvalue weighted by Gasteiger charge is 2.21. The van der Waals surface area contributed by atoms with Gasteiger partial charge in [-0.25, -0.2) is 0 Å². The molecule has 1 atom stereocenters. The van der Waals surface area contributed by atoms with E-state index in [2.05, 4.69) is 15.9 Å². The first kappa shape index (κ1) is 14.3. The fourth-order valence-electron chi connectivity index (χ4n) is 1.89. The first-order valence-electron chi connectivity index (χ1n) is 5.68. The maximum Gasteiger partial charge on any atom is 0.145 e. The topological polar surface area (TPSA) is 31.6 Å². The molecule has 0 saturated carbocycles. The summed E-state index contributed by atoms with van der Waals surface area (Å²) in [6.45, 7) is 1.90. The molecule has 0 fully saturated rings. The molecule has 0 aliphatic carbocycles. The molecule has 0 N–H and O–H groups in total. The van der Waals surface area contributed by atoms with E-state index >= 15 is 0 Å². The van der Waals surface area contributed by atoms with Gasteiger partial charge < -0.3 is 13.9 Å². The zero-order chi connectivity index (χ0) is 14.0. The van der Waals surface area contributed by atoms with Crippen LogP contribution in [-0.4, -0.2) is 14.2 Å². The van der Waals surface area contributed by atoms with Crippen molar-refractivity contribution in [1.29, 1.82) is 0 Å². The number of hydrogen-bond acceptors (Lipinski definition) is 3. The maximum absolute atomic E-state index is 6.26. The van der Waals surface area contributed by atoms with Crippen molar-refractivity contribution >= 4 is 27.5 Å². The molecule has 1 unspecified atom stereocenters. The van der Waals surface area contributed by atoms with Crippen LogP contribution >= 0.6 is 27.5 Å². The van der Waals surface area contributed by atoms with Gasteiger partial charge in [-0.15, -0.1) is 0 Å². The molecule has 0 aliphatic rings. The van der Waals surface area contributed by atoms with E-state index in [-0.39, 0.29) is 4.83 Å². The highest BCUT2D eigenvalue weighted by molar-refractivity contribution is 9.09. The smallest absolute Gasteiger partial charge is 0.145 e. The van der Waals surface area contributed by atoms with Crippen LogP contribution in [0.15, 0.2) is 28.9 Å². The zero-order valence-electron chi connectivity index (χ0n) is 10.9. The molecule has 3 nitrogen and oxygen atoms in total. The van der Waals surface area contributed by atoms with Crippen molar-refractivity contribution in [2.45, 2.75) is 11.8 Å². The van der Waals surface area contributed by atoms with Gasteiger partial charge in [-0.2, -0.15) is 0 Å². The van der Waals surface area contributed by atoms with Crippen LogP contribution in [0.2, 0.25) is 5.02 Å². The van der Waals surface area contributed by atoms with Crippen LogP contribution in [0.5, 0.6) is 11.5 Å². The number of halogens is 2. The number of furan rings is 1. The Morgan fingerprint density at radius 1 is 1.26 bits per heavy atom. The molecule has 0 saturated heterocycles. The van der Waals surface area contributed by atoms with Gasteiger partial charge in [0.1, 0.15) is 22.3 Å². The second-order valence-electron chi connectivity index (χ2n) is 4.06. The minimum atomic E-state index is -0.0525. The predicted molar refractivity (Wildman–Crippen MR) is 78.8 cm³/mol. The highest BCUT2D eigenvalue weighted by atomic mass is 79.9. The summed E-state index contributed by atoms with van der Waals surface area (Å²) in [4.78, 5) is -0.0525.